The summed E-state index contributed by atoms with van der Waals surface area (Å²) in [5.41, 5.74) is 1.88. The second-order valence-electron chi connectivity index (χ2n) is 7.42. The van der Waals surface area contributed by atoms with E-state index in [2.05, 4.69) is 9.80 Å². The smallest absolute Gasteiger partial charge is 0.236 e. The highest BCUT2D eigenvalue weighted by atomic mass is 16.5. The average molecular weight is 359 g/mol. The molecule has 0 radical (unpaired) electrons. The number of carbonyl (C=O) groups is 2. The first-order valence-corrected chi connectivity index (χ1v) is 9.44. The van der Waals surface area contributed by atoms with E-state index in [9.17, 15) is 9.59 Å². The zero-order valence-corrected chi connectivity index (χ0v) is 16.0. The number of rotatable bonds is 4. The van der Waals surface area contributed by atoms with Crippen molar-refractivity contribution in [1.29, 1.82) is 0 Å². The van der Waals surface area contributed by atoms with Crippen LogP contribution < -0.4 is 4.90 Å². The minimum Gasteiger partial charge on any atom is -0.372 e. The van der Waals surface area contributed by atoms with Crippen molar-refractivity contribution in [3.63, 3.8) is 0 Å². The fourth-order valence-electron chi connectivity index (χ4n) is 3.74. The molecule has 2 heterocycles. The van der Waals surface area contributed by atoms with Crippen LogP contribution in [0.1, 0.15) is 31.1 Å². The van der Waals surface area contributed by atoms with Crippen LogP contribution >= 0.6 is 0 Å². The standard InChI is InChI=1S/C20H29N3O3/c1-15-12-23(13-16(2)26-15)20(25)14-21-8-10-22(11-9-21)19-6-4-18(5-7-19)17(3)24/h4-7,15-16H,8-14H2,1-3H3/t15-,16-/m0/s1. The van der Waals surface area contributed by atoms with Gasteiger partial charge in [0.05, 0.1) is 18.8 Å². The molecule has 1 aromatic carbocycles. The van der Waals surface area contributed by atoms with Gasteiger partial charge in [-0.15, -0.1) is 0 Å². The van der Waals surface area contributed by atoms with E-state index in [1.807, 2.05) is 43.0 Å². The molecule has 0 spiro atoms. The highest BCUT2D eigenvalue weighted by Gasteiger charge is 2.27. The summed E-state index contributed by atoms with van der Waals surface area (Å²) in [4.78, 5) is 30.5. The van der Waals surface area contributed by atoms with Crippen molar-refractivity contribution in [2.45, 2.75) is 33.0 Å². The van der Waals surface area contributed by atoms with E-state index in [1.54, 1.807) is 6.92 Å². The number of hydrogen-bond acceptors (Lipinski definition) is 5. The third-order valence-electron chi connectivity index (χ3n) is 5.14. The summed E-state index contributed by atoms with van der Waals surface area (Å²) in [7, 11) is 0. The van der Waals surface area contributed by atoms with E-state index >= 15 is 0 Å². The van der Waals surface area contributed by atoms with Crippen molar-refractivity contribution in [3.8, 4) is 0 Å². The van der Waals surface area contributed by atoms with Gasteiger partial charge in [0.1, 0.15) is 0 Å². The molecule has 2 atom stereocenters. The van der Waals surface area contributed by atoms with Crippen LogP contribution in [0.3, 0.4) is 0 Å². The van der Waals surface area contributed by atoms with Gasteiger partial charge in [-0.2, -0.15) is 0 Å². The number of amides is 1. The van der Waals surface area contributed by atoms with Gasteiger partial charge in [-0.05, 0) is 45.0 Å². The SMILES string of the molecule is CC(=O)c1ccc(N2CCN(CC(=O)N3C[C@H](C)O[C@@H](C)C3)CC2)cc1. The highest BCUT2D eigenvalue weighted by Crippen LogP contribution is 2.18. The molecule has 2 fully saturated rings. The molecule has 0 aliphatic carbocycles. The van der Waals surface area contributed by atoms with E-state index in [1.165, 1.54) is 0 Å². The molecule has 6 nitrogen and oxygen atoms in total. The average Bonchev–Trinajstić information content (AvgIpc) is 2.61. The fourth-order valence-corrected chi connectivity index (χ4v) is 3.74. The number of piperazine rings is 1. The van der Waals surface area contributed by atoms with Crippen LogP contribution in [0.15, 0.2) is 24.3 Å². The molecule has 2 saturated heterocycles. The van der Waals surface area contributed by atoms with Gasteiger partial charge in [0.2, 0.25) is 5.91 Å². The van der Waals surface area contributed by atoms with Gasteiger partial charge in [-0.3, -0.25) is 14.5 Å². The minimum absolute atomic E-state index is 0.0895. The normalized spacial score (nSPS) is 24.6. The summed E-state index contributed by atoms with van der Waals surface area (Å²) in [6.45, 7) is 11.0. The van der Waals surface area contributed by atoms with Crippen molar-refractivity contribution in [1.82, 2.24) is 9.80 Å². The number of nitrogens with zero attached hydrogens (tertiary/aromatic N) is 3. The second kappa shape index (κ2) is 8.18. The van der Waals surface area contributed by atoms with Gasteiger partial charge in [-0.1, -0.05) is 0 Å². The molecule has 0 N–H and O–H groups in total. The van der Waals surface area contributed by atoms with Crippen LogP contribution in [0, 0.1) is 0 Å². The van der Waals surface area contributed by atoms with Crippen LogP contribution in [-0.2, 0) is 9.53 Å². The number of morpholine rings is 1. The fraction of sp³-hybridized carbons (Fsp3) is 0.600. The van der Waals surface area contributed by atoms with Crippen LogP contribution in [0.25, 0.3) is 0 Å². The highest BCUT2D eigenvalue weighted by molar-refractivity contribution is 5.94. The first kappa shape index (κ1) is 18.9. The molecule has 1 amide bonds. The van der Waals surface area contributed by atoms with Crippen molar-refractivity contribution in [2.24, 2.45) is 0 Å². The first-order valence-electron chi connectivity index (χ1n) is 9.44. The molecule has 26 heavy (non-hydrogen) atoms. The number of hydrogen-bond donors (Lipinski definition) is 0. The van der Waals surface area contributed by atoms with Gasteiger partial charge < -0.3 is 14.5 Å². The predicted molar refractivity (Wildman–Crippen MR) is 102 cm³/mol. The van der Waals surface area contributed by atoms with E-state index in [0.29, 0.717) is 19.6 Å². The Hall–Kier alpha value is -1.92. The van der Waals surface area contributed by atoms with Crippen LogP contribution in [0.4, 0.5) is 5.69 Å². The molecule has 1 aromatic rings. The quantitative estimate of drug-likeness (QED) is 0.765. The molecule has 0 saturated carbocycles. The van der Waals surface area contributed by atoms with Crippen molar-refractivity contribution in [2.75, 3.05) is 50.7 Å². The molecule has 6 heteroatoms. The minimum atomic E-state index is 0.0895. The Balaban J connectivity index is 1.49. The second-order valence-corrected chi connectivity index (χ2v) is 7.42. The van der Waals surface area contributed by atoms with Crippen molar-refractivity contribution < 1.29 is 14.3 Å². The van der Waals surface area contributed by atoms with Gasteiger partial charge >= 0.3 is 0 Å². The Morgan fingerprint density at radius 3 is 2.12 bits per heavy atom. The molecule has 142 valence electrons. The lowest BCUT2D eigenvalue weighted by Gasteiger charge is -2.39. The monoisotopic (exact) mass is 359 g/mol. The Bertz CT molecular complexity index is 628. The van der Waals surface area contributed by atoms with Gasteiger partial charge in [0, 0.05) is 50.5 Å². The topological polar surface area (TPSA) is 53.1 Å². The third kappa shape index (κ3) is 4.62. The maximum Gasteiger partial charge on any atom is 0.236 e. The molecular weight excluding hydrogens is 330 g/mol. The summed E-state index contributed by atoms with van der Waals surface area (Å²) >= 11 is 0. The van der Waals surface area contributed by atoms with E-state index in [0.717, 1.165) is 37.4 Å². The number of benzene rings is 1. The van der Waals surface area contributed by atoms with E-state index in [-0.39, 0.29) is 23.9 Å². The van der Waals surface area contributed by atoms with Gasteiger partial charge in [0.15, 0.2) is 5.78 Å². The van der Waals surface area contributed by atoms with Crippen molar-refractivity contribution >= 4 is 17.4 Å². The molecule has 0 bridgehead atoms. The Kier molecular flexibility index (Phi) is 5.94. The zero-order valence-electron chi connectivity index (χ0n) is 16.0. The number of anilines is 1. The number of Topliss-reactive ketones (excluding diaryl/α,β-unsaturated/α-hetero) is 1. The lowest BCUT2D eigenvalue weighted by Crippen LogP contribution is -2.53. The third-order valence-corrected chi connectivity index (χ3v) is 5.14. The number of ketones is 1. The predicted octanol–water partition coefficient (Wildman–Crippen LogP) is 1.65. The summed E-state index contributed by atoms with van der Waals surface area (Å²) in [6.07, 6.45) is 0.218. The summed E-state index contributed by atoms with van der Waals surface area (Å²) < 4.78 is 5.71. The zero-order chi connectivity index (χ0) is 18.7. The molecule has 0 aromatic heterocycles. The number of carbonyl (C=O) groups excluding carboxylic acids is 2. The van der Waals surface area contributed by atoms with Gasteiger partial charge in [-0.25, -0.2) is 0 Å². The maximum atomic E-state index is 12.6. The first-order chi connectivity index (χ1) is 12.4. The van der Waals surface area contributed by atoms with E-state index < -0.39 is 0 Å². The lowest BCUT2D eigenvalue weighted by molar-refractivity contribution is -0.144. The Morgan fingerprint density at radius 2 is 1.58 bits per heavy atom. The van der Waals surface area contributed by atoms with Crippen LogP contribution in [0.2, 0.25) is 0 Å². The largest absolute Gasteiger partial charge is 0.372 e. The van der Waals surface area contributed by atoms with Crippen LogP contribution in [0.5, 0.6) is 0 Å². The maximum absolute atomic E-state index is 12.6. The molecule has 0 unspecified atom stereocenters. The molecular formula is C20H29N3O3. The van der Waals surface area contributed by atoms with Crippen LogP contribution in [-0.4, -0.2) is 79.5 Å². The Morgan fingerprint density at radius 1 is 1.00 bits per heavy atom. The molecule has 3 rings (SSSR count). The Labute approximate surface area is 155 Å². The summed E-state index contributed by atoms with van der Waals surface area (Å²) in [5, 5.41) is 0. The number of ether oxygens (including phenoxy) is 1. The van der Waals surface area contributed by atoms with Gasteiger partial charge in [0.25, 0.3) is 0 Å². The molecule has 2 aliphatic rings. The van der Waals surface area contributed by atoms with E-state index in [4.69, 9.17) is 4.74 Å². The lowest BCUT2D eigenvalue weighted by atomic mass is 10.1. The van der Waals surface area contributed by atoms with Crippen molar-refractivity contribution in [3.05, 3.63) is 29.8 Å². The summed E-state index contributed by atoms with van der Waals surface area (Å²) in [5.74, 6) is 0.290. The molecule has 2 aliphatic heterocycles. The summed E-state index contributed by atoms with van der Waals surface area (Å²) in [6, 6.07) is 7.78.